The van der Waals surface area contributed by atoms with Crippen LogP contribution in [0.15, 0.2) is 0 Å². The molecule has 1 rings (SSSR count). The first-order valence-corrected chi connectivity index (χ1v) is 5.67. The zero-order valence-electron chi connectivity index (χ0n) is 10.7. The van der Waals surface area contributed by atoms with Gasteiger partial charge < -0.3 is 10.2 Å². The highest BCUT2D eigenvalue weighted by atomic mass is 16.2. The number of nitrogens with one attached hydrogen (secondary N) is 2. The molecule has 96 valence electrons. The summed E-state index contributed by atoms with van der Waals surface area (Å²) >= 11 is 0. The Labute approximate surface area is 101 Å². The molecule has 0 radical (unpaired) electrons. The minimum absolute atomic E-state index is 0.0613. The van der Waals surface area contributed by atoms with Crippen LogP contribution in [0.3, 0.4) is 0 Å². The minimum atomic E-state index is -0.786. The number of rotatable bonds is 3. The smallest absolute Gasteiger partial charge is 0.249 e. The monoisotopic (exact) mass is 241 g/mol. The van der Waals surface area contributed by atoms with Gasteiger partial charge in [0.2, 0.25) is 17.7 Å². The lowest BCUT2D eigenvalue weighted by Gasteiger charge is -2.38. The Kier molecular flexibility index (Phi) is 3.87. The number of hydrogen-bond donors (Lipinski definition) is 2. The van der Waals surface area contributed by atoms with E-state index in [0.29, 0.717) is 6.42 Å². The molecule has 0 saturated carbocycles. The lowest BCUT2D eigenvalue weighted by atomic mass is 10.00. The average Bonchev–Trinajstić information content (AvgIpc) is 2.27. The number of amides is 3. The normalized spacial score (nSPS) is 21.4. The third-order valence-electron chi connectivity index (χ3n) is 3.06. The number of imide groups is 1. The van der Waals surface area contributed by atoms with Crippen molar-refractivity contribution in [3.63, 3.8) is 0 Å². The van der Waals surface area contributed by atoms with Crippen LogP contribution in [-0.4, -0.2) is 47.8 Å². The summed E-state index contributed by atoms with van der Waals surface area (Å²) in [7, 11) is 1.67. The molecule has 17 heavy (non-hydrogen) atoms. The van der Waals surface area contributed by atoms with Crippen LogP contribution >= 0.6 is 0 Å². The van der Waals surface area contributed by atoms with E-state index in [-0.39, 0.29) is 12.5 Å². The summed E-state index contributed by atoms with van der Waals surface area (Å²) in [6, 6.07) is -0.562. The fourth-order valence-electron chi connectivity index (χ4n) is 1.75. The molecule has 0 aromatic heterocycles. The molecule has 1 unspecified atom stereocenters. The van der Waals surface area contributed by atoms with E-state index in [1.54, 1.807) is 20.9 Å². The van der Waals surface area contributed by atoms with Crippen molar-refractivity contribution < 1.29 is 14.4 Å². The first kappa shape index (κ1) is 13.6. The quantitative estimate of drug-likeness (QED) is 0.637. The molecule has 0 spiro atoms. The van der Waals surface area contributed by atoms with Gasteiger partial charge in [-0.3, -0.25) is 19.7 Å². The standard InChI is InChI=1S/C11H19N3O3/c1-5-7-9(16)13-8(15)6-14(7)10(17)11(2,3)12-4/h7,12H,5-6H2,1-4H3,(H,13,15,16). The highest BCUT2D eigenvalue weighted by Gasteiger charge is 2.40. The molecule has 0 aliphatic carbocycles. The Morgan fingerprint density at radius 2 is 2.12 bits per heavy atom. The van der Waals surface area contributed by atoms with E-state index in [2.05, 4.69) is 10.6 Å². The van der Waals surface area contributed by atoms with Crippen molar-refractivity contribution in [2.24, 2.45) is 0 Å². The van der Waals surface area contributed by atoms with Gasteiger partial charge in [-0.25, -0.2) is 0 Å². The second-order valence-corrected chi connectivity index (χ2v) is 4.64. The molecule has 1 fully saturated rings. The number of carbonyl (C=O) groups is 3. The van der Waals surface area contributed by atoms with Crippen molar-refractivity contribution in [3.05, 3.63) is 0 Å². The molecule has 1 atom stereocenters. The van der Waals surface area contributed by atoms with E-state index in [1.165, 1.54) is 4.90 Å². The van der Waals surface area contributed by atoms with Gasteiger partial charge in [-0.05, 0) is 27.3 Å². The zero-order chi connectivity index (χ0) is 13.2. The van der Waals surface area contributed by atoms with Gasteiger partial charge in [0.25, 0.3) is 0 Å². The maximum Gasteiger partial charge on any atom is 0.249 e. The molecule has 6 nitrogen and oxygen atoms in total. The molecule has 6 heteroatoms. The van der Waals surface area contributed by atoms with Crippen molar-refractivity contribution in [1.82, 2.24) is 15.5 Å². The average molecular weight is 241 g/mol. The first-order valence-electron chi connectivity index (χ1n) is 5.67. The SMILES string of the molecule is CCC1C(=O)NC(=O)CN1C(=O)C(C)(C)NC. The molecule has 0 aromatic rings. The topological polar surface area (TPSA) is 78.5 Å². The molecule has 3 amide bonds. The summed E-state index contributed by atoms with van der Waals surface area (Å²) in [5, 5.41) is 5.12. The van der Waals surface area contributed by atoms with Crippen LogP contribution in [0.2, 0.25) is 0 Å². The Bertz CT molecular complexity index is 352. The highest BCUT2D eigenvalue weighted by molar-refractivity contribution is 6.05. The predicted molar refractivity (Wildman–Crippen MR) is 62.1 cm³/mol. The van der Waals surface area contributed by atoms with Crippen LogP contribution in [0.25, 0.3) is 0 Å². The summed E-state index contributed by atoms with van der Waals surface area (Å²) in [5.41, 5.74) is -0.786. The van der Waals surface area contributed by atoms with Crippen molar-refractivity contribution in [2.45, 2.75) is 38.8 Å². The van der Waals surface area contributed by atoms with Crippen LogP contribution in [0, 0.1) is 0 Å². The molecule has 1 heterocycles. The second kappa shape index (κ2) is 4.83. The minimum Gasteiger partial charge on any atom is -0.320 e. The van der Waals surface area contributed by atoms with E-state index in [1.807, 2.05) is 6.92 Å². The van der Waals surface area contributed by atoms with E-state index in [9.17, 15) is 14.4 Å². The van der Waals surface area contributed by atoms with Gasteiger partial charge in [0.1, 0.15) is 12.6 Å². The summed E-state index contributed by atoms with van der Waals surface area (Å²) in [4.78, 5) is 36.5. The maximum atomic E-state index is 12.2. The third kappa shape index (κ3) is 2.63. The Hall–Kier alpha value is -1.43. The van der Waals surface area contributed by atoms with Gasteiger partial charge >= 0.3 is 0 Å². The summed E-state index contributed by atoms with van der Waals surface area (Å²) < 4.78 is 0. The lowest BCUT2D eigenvalue weighted by molar-refractivity contribution is -0.153. The number of hydrogen-bond acceptors (Lipinski definition) is 4. The molecule has 0 bridgehead atoms. The van der Waals surface area contributed by atoms with E-state index < -0.39 is 23.4 Å². The fraction of sp³-hybridized carbons (Fsp3) is 0.727. The summed E-state index contributed by atoms with van der Waals surface area (Å²) in [6.45, 7) is 5.19. The fourth-order valence-corrected chi connectivity index (χ4v) is 1.75. The number of piperazine rings is 1. The number of nitrogens with zero attached hydrogens (tertiary/aromatic N) is 1. The zero-order valence-corrected chi connectivity index (χ0v) is 10.7. The number of carbonyl (C=O) groups excluding carboxylic acids is 3. The molecular weight excluding hydrogens is 222 g/mol. The molecule has 0 aromatic carbocycles. The highest BCUT2D eigenvalue weighted by Crippen LogP contribution is 2.15. The van der Waals surface area contributed by atoms with Crippen molar-refractivity contribution >= 4 is 17.7 Å². The van der Waals surface area contributed by atoms with Crippen molar-refractivity contribution in [1.29, 1.82) is 0 Å². The van der Waals surface area contributed by atoms with E-state index in [4.69, 9.17) is 0 Å². The molecule has 1 aliphatic rings. The van der Waals surface area contributed by atoms with E-state index >= 15 is 0 Å². The number of likely N-dealkylation sites (N-methyl/N-ethyl adjacent to an activating group) is 1. The van der Waals surface area contributed by atoms with Crippen molar-refractivity contribution in [3.8, 4) is 0 Å². The van der Waals surface area contributed by atoms with Gasteiger partial charge in [0.15, 0.2) is 0 Å². The molecule has 2 N–H and O–H groups in total. The lowest BCUT2D eigenvalue weighted by Crippen LogP contribution is -2.64. The third-order valence-corrected chi connectivity index (χ3v) is 3.06. The molecule has 1 saturated heterocycles. The Morgan fingerprint density at radius 3 is 2.59 bits per heavy atom. The van der Waals surface area contributed by atoms with Crippen LogP contribution in [0.1, 0.15) is 27.2 Å². The molecular formula is C11H19N3O3. The van der Waals surface area contributed by atoms with Gasteiger partial charge in [-0.15, -0.1) is 0 Å². The van der Waals surface area contributed by atoms with Crippen LogP contribution in [0.5, 0.6) is 0 Å². The summed E-state index contributed by atoms with van der Waals surface area (Å²) in [5.74, 6) is -1.07. The predicted octanol–water partition coefficient (Wildman–Crippen LogP) is -0.752. The Balaban J connectivity index is 2.96. The van der Waals surface area contributed by atoms with Gasteiger partial charge in [0.05, 0.1) is 5.54 Å². The van der Waals surface area contributed by atoms with Crippen molar-refractivity contribution in [2.75, 3.05) is 13.6 Å². The van der Waals surface area contributed by atoms with Crippen LogP contribution in [0.4, 0.5) is 0 Å². The van der Waals surface area contributed by atoms with E-state index in [0.717, 1.165) is 0 Å². The van der Waals surface area contributed by atoms with Crippen LogP contribution < -0.4 is 10.6 Å². The second-order valence-electron chi connectivity index (χ2n) is 4.64. The van der Waals surface area contributed by atoms with Gasteiger partial charge in [-0.2, -0.15) is 0 Å². The largest absolute Gasteiger partial charge is 0.320 e. The first-order chi connectivity index (χ1) is 7.83. The molecule has 1 aliphatic heterocycles. The Morgan fingerprint density at radius 1 is 1.53 bits per heavy atom. The summed E-state index contributed by atoms with van der Waals surface area (Å²) in [6.07, 6.45) is 0.491. The van der Waals surface area contributed by atoms with Gasteiger partial charge in [-0.1, -0.05) is 6.92 Å². The maximum absolute atomic E-state index is 12.2. The van der Waals surface area contributed by atoms with Crippen LogP contribution in [-0.2, 0) is 14.4 Å². The van der Waals surface area contributed by atoms with Gasteiger partial charge in [0, 0.05) is 0 Å².